The van der Waals surface area contributed by atoms with Crippen molar-refractivity contribution in [1.82, 2.24) is 0 Å². The fourth-order valence-electron chi connectivity index (χ4n) is 4.66. The molecule has 9 heteroatoms. The molecule has 4 rings (SSSR count). The van der Waals surface area contributed by atoms with E-state index < -0.39 is 27.9 Å². The molecule has 1 fully saturated rings. The molecule has 0 bridgehead atoms. The van der Waals surface area contributed by atoms with E-state index in [1.807, 2.05) is 13.0 Å². The van der Waals surface area contributed by atoms with Gasteiger partial charge in [-0.25, -0.2) is 21.9 Å². The number of fused-ring (bicyclic) bond motifs is 1. The maximum atomic E-state index is 15.3. The monoisotopic (exact) mass is 515 g/mol. The van der Waals surface area contributed by atoms with Crippen molar-refractivity contribution in [3.63, 3.8) is 0 Å². The first-order valence-corrected chi connectivity index (χ1v) is 13.5. The zero-order valence-corrected chi connectivity index (χ0v) is 21.3. The number of hydrogen-bond donors (Lipinski definition) is 0. The highest BCUT2D eigenvalue weighted by molar-refractivity contribution is 7.92. The predicted molar refractivity (Wildman–Crippen MR) is 133 cm³/mol. The van der Waals surface area contributed by atoms with E-state index >= 15 is 4.39 Å². The van der Waals surface area contributed by atoms with E-state index in [9.17, 15) is 13.2 Å². The predicted octanol–water partition coefficient (Wildman–Crippen LogP) is 4.12. The number of nitrogens with zero attached hydrogens (tertiary/aromatic N) is 1. The Morgan fingerprint density at radius 3 is 2.64 bits per heavy atom. The number of benzene rings is 2. The van der Waals surface area contributed by atoms with Crippen LogP contribution in [0.4, 0.5) is 10.1 Å². The highest BCUT2D eigenvalue weighted by Crippen LogP contribution is 2.39. The molecule has 2 aromatic carbocycles. The van der Waals surface area contributed by atoms with Gasteiger partial charge in [0, 0.05) is 13.2 Å². The molecule has 2 aromatic rings. The highest BCUT2D eigenvalue weighted by atomic mass is 32.2. The maximum Gasteiger partial charge on any atom is 0.341 e. The Hall–Kier alpha value is -3.09. The molecule has 0 unspecified atom stereocenters. The third-order valence-electron chi connectivity index (χ3n) is 6.72. The van der Waals surface area contributed by atoms with Crippen LogP contribution in [0.15, 0.2) is 35.2 Å². The van der Waals surface area contributed by atoms with Crippen molar-refractivity contribution < 1.29 is 31.8 Å². The summed E-state index contributed by atoms with van der Waals surface area (Å²) in [5, 5.41) is 0. The topological polar surface area (TPSA) is 82.1 Å². The second kappa shape index (κ2) is 10.9. The van der Waals surface area contributed by atoms with Crippen molar-refractivity contribution in [2.75, 3.05) is 31.2 Å². The zero-order valence-electron chi connectivity index (χ0n) is 20.5. The number of esters is 1. The molecule has 0 spiro atoms. The van der Waals surface area contributed by atoms with Crippen LogP contribution < -0.4 is 9.04 Å². The van der Waals surface area contributed by atoms with Gasteiger partial charge in [0.15, 0.2) is 0 Å². The van der Waals surface area contributed by atoms with Crippen molar-refractivity contribution in [3.8, 4) is 18.1 Å². The van der Waals surface area contributed by atoms with Gasteiger partial charge in [-0.3, -0.25) is 0 Å². The van der Waals surface area contributed by atoms with E-state index in [-0.39, 0.29) is 27.8 Å². The van der Waals surface area contributed by atoms with Crippen LogP contribution in [0.5, 0.6) is 5.75 Å². The standard InChI is InChI=1S/C27H30FNO6S/c1-4-18-14-20-6-7-21(5-2)29(26(20)24(28)15-18)36(31,32)22-8-9-25(23(16-22)27(30)33-3)35-17-19-10-12-34-13-11-19/h2,8-9,14-16,19,21H,4,6-7,10-13,17H2,1,3H3/t21-/m0/s1. The fourth-order valence-corrected chi connectivity index (χ4v) is 6.34. The lowest BCUT2D eigenvalue weighted by atomic mass is 9.95. The Morgan fingerprint density at radius 1 is 1.22 bits per heavy atom. The molecule has 0 N–H and O–H groups in total. The lowest BCUT2D eigenvalue weighted by Gasteiger charge is -2.35. The van der Waals surface area contributed by atoms with Gasteiger partial charge in [0.1, 0.15) is 23.2 Å². The summed E-state index contributed by atoms with van der Waals surface area (Å²) in [5.41, 5.74) is 1.30. The van der Waals surface area contributed by atoms with Crippen LogP contribution in [-0.2, 0) is 32.3 Å². The number of halogens is 1. The molecule has 2 aliphatic rings. The number of sulfonamides is 1. The average Bonchev–Trinajstić information content (AvgIpc) is 2.91. The van der Waals surface area contributed by atoms with Gasteiger partial charge in [0.2, 0.25) is 0 Å². The summed E-state index contributed by atoms with van der Waals surface area (Å²) in [7, 11) is -3.11. The molecule has 0 aromatic heterocycles. The molecule has 7 nitrogen and oxygen atoms in total. The molecule has 2 aliphatic heterocycles. The largest absolute Gasteiger partial charge is 0.492 e. The summed E-state index contributed by atoms with van der Waals surface area (Å²) in [4.78, 5) is 12.4. The van der Waals surface area contributed by atoms with Crippen LogP contribution >= 0.6 is 0 Å². The van der Waals surface area contributed by atoms with Gasteiger partial charge in [0.05, 0.1) is 24.3 Å². The minimum atomic E-state index is -4.32. The Bertz CT molecular complexity index is 1280. The first-order chi connectivity index (χ1) is 17.3. The van der Waals surface area contributed by atoms with E-state index in [1.165, 1.54) is 31.4 Å². The highest BCUT2D eigenvalue weighted by Gasteiger charge is 2.38. The van der Waals surface area contributed by atoms with Crippen LogP contribution in [0.1, 0.15) is 47.7 Å². The van der Waals surface area contributed by atoms with Crippen molar-refractivity contribution in [1.29, 1.82) is 0 Å². The van der Waals surface area contributed by atoms with E-state index in [0.717, 1.165) is 22.7 Å². The number of aryl methyl sites for hydroxylation is 2. The number of carbonyl (C=O) groups is 1. The summed E-state index contributed by atoms with van der Waals surface area (Å²) in [6.45, 7) is 3.57. The SMILES string of the molecule is C#C[C@H]1CCc2cc(CC)cc(F)c2N1S(=O)(=O)c1ccc(OCC2CCOCC2)c(C(=O)OC)c1. The third kappa shape index (κ3) is 5.06. The summed E-state index contributed by atoms with van der Waals surface area (Å²) in [5.74, 6) is 1.61. The van der Waals surface area contributed by atoms with Gasteiger partial charge >= 0.3 is 5.97 Å². The van der Waals surface area contributed by atoms with E-state index in [4.69, 9.17) is 20.6 Å². The molecule has 0 saturated carbocycles. The molecule has 0 aliphatic carbocycles. The molecule has 36 heavy (non-hydrogen) atoms. The van der Waals surface area contributed by atoms with Crippen molar-refractivity contribution in [2.24, 2.45) is 5.92 Å². The van der Waals surface area contributed by atoms with Gasteiger partial charge in [0.25, 0.3) is 10.0 Å². The molecule has 0 amide bonds. The third-order valence-corrected chi connectivity index (χ3v) is 8.53. The number of anilines is 1. The van der Waals surface area contributed by atoms with Crippen molar-refractivity contribution in [3.05, 3.63) is 52.8 Å². The Morgan fingerprint density at radius 2 is 1.97 bits per heavy atom. The van der Waals surface area contributed by atoms with Crippen LogP contribution in [0.3, 0.4) is 0 Å². The number of rotatable bonds is 7. The smallest absolute Gasteiger partial charge is 0.341 e. The number of terminal acetylenes is 1. The van der Waals surface area contributed by atoms with Gasteiger partial charge in [-0.15, -0.1) is 6.42 Å². The zero-order chi connectivity index (χ0) is 25.9. The Kier molecular flexibility index (Phi) is 7.86. The van der Waals surface area contributed by atoms with Crippen LogP contribution in [-0.4, -0.2) is 47.4 Å². The Labute approximate surface area is 211 Å². The van der Waals surface area contributed by atoms with E-state index in [0.29, 0.717) is 44.6 Å². The lowest BCUT2D eigenvalue weighted by Crippen LogP contribution is -2.43. The molecule has 1 saturated heterocycles. The van der Waals surface area contributed by atoms with Crippen molar-refractivity contribution >= 4 is 21.7 Å². The van der Waals surface area contributed by atoms with Gasteiger partial charge in [-0.2, -0.15) is 0 Å². The molecule has 0 radical (unpaired) electrons. The summed E-state index contributed by atoms with van der Waals surface area (Å²) in [6, 6.07) is 6.29. The van der Waals surface area contributed by atoms with E-state index in [1.54, 1.807) is 0 Å². The van der Waals surface area contributed by atoms with Gasteiger partial charge in [-0.05, 0) is 73.4 Å². The minimum absolute atomic E-state index is 0.0260. The molecular formula is C27H30FNO6S. The first kappa shape index (κ1) is 26.0. The molecular weight excluding hydrogens is 485 g/mol. The second-order valence-electron chi connectivity index (χ2n) is 8.98. The average molecular weight is 516 g/mol. The van der Waals surface area contributed by atoms with Crippen LogP contribution in [0.2, 0.25) is 0 Å². The fraction of sp³-hybridized carbons (Fsp3) is 0.444. The number of ether oxygens (including phenoxy) is 3. The summed E-state index contributed by atoms with van der Waals surface area (Å²) >= 11 is 0. The molecule has 2 heterocycles. The Balaban J connectivity index is 1.73. The van der Waals surface area contributed by atoms with Crippen LogP contribution in [0.25, 0.3) is 0 Å². The maximum absolute atomic E-state index is 15.3. The number of methoxy groups -OCH3 is 1. The summed E-state index contributed by atoms with van der Waals surface area (Å²) in [6.07, 6.45) is 8.80. The molecule has 1 atom stereocenters. The minimum Gasteiger partial charge on any atom is -0.492 e. The number of hydrogen-bond acceptors (Lipinski definition) is 6. The van der Waals surface area contributed by atoms with Crippen molar-refractivity contribution in [2.45, 2.75) is 50.0 Å². The van der Waals surface area contributed by atoms with E-state index in [2.05, 4.69) is 5.92 Å². The first-order valence-electron chi connectivity index (χ1n) is 12.0. The lowest BCUT2D eigenvalue weighted by molar-refractivity contribution is 0.0483. The normalized spacial score (nSPS) is 18.3. The molecule has 192 valence electrons. The second-order valence-corrected chi connectivity index (χ2v) is 10.8. The van der Waals surface area contributed by atoms with Gasteiger partial charge < -0.3 is 14.2 Å². The number of carbonyl (C=O) groups excluding carboxylic acids is 1. The summed E-state index contributed by atoms with van der Waals surface area (Å²) < 4.78 is 60.1. The quantitative estimate of drug-likeness (QED) is 0.408. The van der Waals surface area contributed by atoms with Crippen LogP contribution in [0, 0.1) is 24.1 Å². The van der Waals surface area contributed by atoms with Gasteiger partial charge in [-0.1, -0.05) is 18.9 Å².